The molecule has 28 heavy (non-hydrogen) atoms. The van der Waals surface area contributed by atoms with Crippen molar-refractivity contribution in [2.45, 2.75) is 27.2 Å². The third-order valence-corrected chi connectivity index (χ3v) is 5.29. The van der Waals surface area contributed by atoms with Crippen LogP contribution in [0.3, 0.4) is 0 Å². The molecule has 0 spiro atoms. The summed E-state index contributed by atoms with van der Waals surface area (Å²) in [6.45, 7) is 5.57. The number of para-hydroxylation sites is 1. The Balaban J connectivity index is 1.59. The first-order valence-electron chi connectivity index (χ1n) is 9.06. The Morgan fingerprint density at radius 2 is 1.75 bits per heavy atom. The van der Waals surface area contributed by atoms with E-state index in [1.807, 2.05) is 56.3 Å². The second-order valence-electron chi connectivity index (χ2n) is 6.48. The van der Waals surface area contributed by atoms with E-state index in [-0.39, 0.29) is 18.2 Å². The summed E-state index contributed by atoms with van der Waals surface area (Å²) in [7, 11) is 0. The van der Waals surface area contributed by atoms with Crippen LogP contribution in [0.25, 0.3) is 10.6 Å². The number of ether oxygens (including phenoxy) is 1. The van der Waals surface area contributed by atoms with Gasteiger partial charge in [0.2, 0.25) is 0 Å². The van der Waals surface area contributed by atoms with Crippen LogP contribution in [0.4, 0.5) is 5.69 Å². The third-order valence-electron chi connectivity index (χ3n) is 4.40. The molecule has 0 aliphatic carbocycles. The molecule has 1 aromatic heterocycles. The topological polar surface area (TPSA) is 68.3 Å². The minimum atomic E-state index is -0.607. The van der Waals surface area contributed by atoms with E-state index in [9.17, 15) is 9.59 Å². The zero-order valence-electron chi connectivity index (χ0n) is 16.1. The number of rotatable bonds is 6. The smallest absolute Gasteiger partial charge is 0.358 e. The van der Waals surface area contributed by atoms with Gasteiger partial charge in [-0.1, -0.05) is 49.4 Å². The number of aromatic nitrogens is 1. The minimum absolute atomic E-state index is 0.208. The molecular formula is C22H22N2O3S. The molecule has 0 aliphatic heterocycles. The Hall–Kier alpha value is -2.99. The van der Waals surface area contributed by atoms with Gasteiger partial charge in [-0.3, -0.25) is 4.79 Å². The summed E-state index contributed by atoms with van der Waals surface area (Å²) >= 11 is 1.37. The van der Waals surface area contributed by atoms with E-state index in [4.69, 9.17) is 4.74 Å². The zero-order valence-corrected chi connectivity index (χ0v) is 16.9. The molecular weight excluding hydrogens is 372 g/mol. The molecule has 2 aromatic carbocycles. The predicted molar refractivity (Wildman–Crippen MR) is 112 cm³/mol. The summed E-state index contributed by atoms with van der Waals surface area (Å²) in [4.78, 5) is 28.7. The number of benzene rings is 2. The molecule has 0 atom stereocenters. The number of esters is 1. The number of hydrogen-bond donors (Lipinski definition) is 1. The molecule has 5 nitrogen and oxygen atoms in total. The number of carbonyl (C=O) groups excluding carboxylic acids is 2. The second kappa shape index (κ2) is 8.80. The van der Waals surface area contributed by atoms with E-state index in [0.29, 0.717) is 0 Å². The molecule has 0 saturated heterocycles. The monoisotopic (exact) mass is 394 g/mol. The van der Waals surface area contributed by atoms with Gasteiger partial charge in [-0.15, -0.1) is 11.3 Å². The number of carbonyl (C=O) groups is 2. The van der Waals surface area contributed by atoms with Crippen molar-refractivity contribution < 1.29 is 14.3 Å². The van der Waals surface area contributed by atoms with Gasteiger partial charge in [-0.2, -0.15) is 0 Å². The lowest BCUT2D eigenvalue weighted by Crippen LogP contribution is -2.22. The van der Waals surface area contributed by atoms with E-state index < -0.39 is 5.97 Å². The predicted octanol–water partition coefficient (Wildman–Crippen LogP) is 4.78. The Bertz CT molecular complexity index is 973. The van der Waals surface area contributed by atoms with Crippen LogP contribution in [0.1, 0.15) is 34.1 Å². The number of amides is 1. The van der Waals surface area contributed by atoms with Gasteiger partial charge in [0.05, 0.1) is 0 Å². The maximum absolute atomic E-state index is 12.2. The minimum Gasteiger partial charge on any atom is -0.451 e. The van der Waals surface area contributed by atoms with Crippen molar-refractivity contribution >= 4 is 28.9 Å². The number of hydrogen-bond acceptors (Lipinski definition) is 5. The fraction of sp³-hybridized carbons (Fsp3) is 0.227. The first kappa shape index (κ1) is 19.8. The van der Waals surface area contributed by atoms with Gasteiger partial charge in [-0.05, 0) is 37.0 Å². The van der Waals surface area contributed by atoms with Crippen molar-refractivity contribution in [3.8, 4) is 10.6 Å². The van der Waals surface area contributed by atoms with E-state index in [1.54, 1.807) is 5.38 Å². The van der Waals surface area contributed by atoms with Crippen LogP contribution in [0, 0.1) is 13.8 Å². The van der Waals surface area contributed by atoms with Crippen LogP contribution in [0.2, 0.25) is 0 Å². The second-order valence-corrected chi connectivity index (χ2v) is 7.34. The molecule has 1 heterocycles. The van der Waals surface area contributed by atoms with E-state index in [0.717, 1.165) is 33.8 Å². The number of nitrogens with zero attached hydrogens (tertiary/aromatic N) is 1. The molecule has 3 rings (SSSR count). The molecule has 0 bridgehead atoms. The summed E-state index contributed by atoms with van der Waals surface area (Å²) in [6.07, 6.45) is 0.972. The lowest BCUT2D eigenvalue weighted by molar-refractivity contribution is -0.119. The Morgan fingerprint density at radius 3 is 2.39 bits per heavy atom. The molecule has 1 N–H and O–H groups in total. The van der Waals surface area contributed by atoms with Crippen LogP contribution >= 0.6 is 11.3 Å². The molecule has 3 aromatic rings. The fourth-order valence-electron chi connectivity index (χ4n) is 2.78. The normalized spacial score (nSPS) is 10.5. The lowest BCUT2D eigenvalue weighted by Gasteiger charge is -2.11. The Labute approximate surface area is 168 Å². The molecule has 144 valence electrons. The van der Waals surface area contributed by atoms with Gasteiger partial charge >= 0.3 is 5.97 Å². The molecule has 6 heteroatoms. The number of thiazole rings is 1. The highest BCUT2D eigenvalue weighted by Gasteiger charge is 2.16. The van der Waals surface area contributed by atoms with Crippen molar-refractivity contribution in [1.29, 1.82) is 0 Å². The fourth-order valence-corrected chi connectivity index (χ4v) is 3.57. The van der Waals surface area contributed by atoms with Gasteiger partial charge in [0.25, 0.3) is 5.91 Å². The van der Waals surface area contributed by atoms with E-state index in [1.165, 1.54) is 16.9 Å². The van der Waals surface area contributed by atoms with Gasteiger partial charge < -0.3 is 10.1 Å². The summed E-state index contributed by atoms with van der Waals surface area (Å²) in [5.74, 6) is -0.985. The first-order chi connectivity index (χ1) is 13.5. The van der Waals surface area contributed by atoms with Crippen molar-refractivity contribution in [2.75, 3.05) is 11.9 Å². The van der Waals surface area contributed by atoms with Gasteiger partial charge in [0, 0.05) is 16.6 Å². The number of anilines is 1. The van der Waals surface area contributed by atoms with Crippen LogP contribution in [0.5, 0.6) is 0 Å². The molecule has 1 amide bonds. The quantitative estimate of drug-likeness (QED) is 0.611. The maximum Gasteiger partial charge on any atom is 0.358 e. The molecule has 0 fully saturated rings. The SMILES string of the molecule is CCc1ccc(-c2nc(C(=O)OCC(=O)Nc3c(C)cccc3C)cs2)cc1. The number of nitrogens with one attached hydrogen (secondary N) is 1. The third kappa shape index (κ3) is 4.64. The van der Waals surface area contributed by atoms with Gasteiger partial charge in [0.15, 0.2) is 12.3 Å². The van der Waals surface area contributed by atoms with E-state index in [2.05, 4.69) is 17.2 Å². The number of aryl methyl sites for hydroxylation is 3. The average Bonchev–Trinajstić information content (AvgIpc) is 3.19. The molecule has 0 aliphatic rings. The summed E-state index contributed by atoms with van der Waals surface area (Å²) in [5, 5.41) is 5.19. The summed E-state index contributed by atoms with van der Waals surface area (Å²) in [5.41, 5.74) is 5.06. The van der Waals surface area contributed by atoms with Crippen molar-refractivity contribution in [2.24, 2.45) is 0 Å². The average molecular weight is 394 g/mol. The molecule has 0 saturated carbocycles. The molecule has 0 radical (unpaired) electrons. The molecule has 0 unspecified atom stereocenters. The highest BCUT2D eigenvalue weighted by Crippen LogP contribution is 2.24. The summed E-state index contributed by atoms with van der Waals surface area (Å²) < 4.78 is 5.12. The standard InChI is InChI=1S/C22H22N2O3S/c1-4-16-8-10-17(11-9-16)21-23-18(13-28-21)22(26)27-12-19(25)24-20-14(2)6-5-7-15(20)3/h5-11,13H,4,12H2,1-3H3,(H,24,25). The van der Waals surface area contributed by atoms with E-state index >= 15 is 0 Å². The maximum atomic E-state index is 12.2. The van der Waals surface area contributed by atoms with Crippen LogP contribution in [-0.4, -0.2) is 23.5 Å². The van der Waals surface area contributed by atoms with Gasteiger partial charge in [0.1, 0.15) is 5.01 Å². The van der Waals surface area contributed by atoms with Crippen LogP contribution < -0.4 is 5.32 Å². The largest absolute Gasteiger partial charge is 0.451 e. The first-order valence-corrected chi connectivity index (χ1v) is 9.94. The highest BCUT2D eigenvalue weighted by molar-refractivity contribution is 7.13. The van der Waals surface area contributed by atoms with Gasteiger partial charge in [-0.25, -0.2) is 9.78 Å². The Kier molecular flexibility index (Phi) is 6.21. The van der Waals surface area contributed by atoms with Crippen molar-refractivity contribution in [1.82, 2.24) is 4.98 Å². The van der Waals surface area contributed by atoms with Crippen molar-refractivity contribution in [3.63, 3.8) is 0 Å². The van der Waals surface area contributed by atoms with Crippen molar-refractivity contribution in [3.05, 3.63) is 70.2 Å². The van der Waals surface area contributed by atoms with Crippen LogP contribution in [0.15, 0.2) is 47.8 Å². The Morgan fingerprint density at radius 1 is 1.07 bits per heavy atom. The lowest BCUT2D eigenvalue weighted by atomic mass is 10.1. The zero-order chi connectivity index (χ0) is 20.1. The summed E-state index contributed by atoms with van der Waals surface area (Å²) in [6, 6.07) is 13.8. The highest BCUT2D eigenvalue weighted by atomic mass is 32.1. The van der Waals surface area contributed by atoms with Crippen LogP contribution in [-0.2, 0) is 16.0 Å².